The molecule has 5 nitrogen and oxygen atoms in total. The van der Waals surface area contributed by atoms with Crippen molar-refractivity contribution in [1.29, 1.82) is 5.26 Å². The normalized spacial score (nSPS) is 11.7. The molecule has 6 heteroatoms. The second-order valence-corrected chi connectivity index (χ2v) is 7.58. The fraction of sp³-hybridized carbons (Fsp3) is 0.227. The lowest BCUT2D eigenvalue weighted by molar-refractivity contribution is -0.117. The van der Waals surface area contributed by atoms with E-state index in [1.807, 2.05) is 67.6 Å². The van der Waals surface area contributed by atoms with Crippen molar-refractivity contribution in [2.75, 3.05) is 11.4 Å². The Morgan fingerprint density at radius 3 is 2.71 bits per heavy atom. The first-order valence-corrected chi connectivity index (χ1v) is 10.00. The van der Waals surface area contributed by atoms with E-state index in [2.05, 4.69) is 17.2 Å². The van der Waals surface area contributed by atoms with E-state index in [1.54, 1.807) is 4.90 Å². The van der Waals surface area contributed by atoms with E-state index < -0.39 is 0 Å². The highest BCUT2D eigenvalue weighted by molar-refractivity contribution is 8.00. The zero-order valence-electron chi connectivity index (χ0n) is 15.8. The van der Waals surface area contributed by atoms with Gasteiger partial charge in [0.2, 0.25) is 5.91 Å². The van der Waals surface area contributed by atoms with Crippen molar-refractivity contribution in [3.8, 4) is 6.07 Å². The second-order valence-electron chi connectivity index (χ2n) is 6.28. The SMILES string of the molecule is C=CCn1c(SC(C)C(=O)N(CCC#N)c2ccccc2)nc2ccccc21. The Morgan fingerprint density at radius 2 is 2.00 bits per heavy atom. The number of hydrogen-bond acceptors (Lipinski definition) is 4. The van der Waals surface area contributed by atoms with Crippen LogP contribution < -0.4 is 4.90 Å². The Kier molecular flexibility index (Phi) is 6.51. The van der Waals surface area contributed by atoms with Gasteiger partial charge in [0, 0.05) is 18.8 Å². The average Bonchev–Trinajstić information content (AvgIpc) is 3.06. The van der Waals surface area contributed by atoms with Crippen LogP contribution in [0.3, 0.4) is 0 Å². The molecule has 28 heavy (non-hydrogen) atoms. The number of rotatable bonds is 8. The van der Waals surface area contributed by atoms with Gasteiger partial charge in [0.25, 0.3) is 0 Å². The van der Waals surface area contributed by atoms with E-state index in [4.69, 9.17) is 10.2 Å². The number of para-hydroxylation sites is 3. The van der Waals surface area contributed by atoms with Gasteiger partial charge in [0.1, 0.15) is 0 Å². The molecule has 1 atom stereocenters. The van der Waals surface area contributed by atoms with Gasteiger partial charge in [-0.3, -0.25) is 4.79 Å². The molecule has 3 rings (SSSR count). The highest BCUT2D eigenvalue weighted by atomic mass is 32.2. The molecule has 0 fully saturated rings. The number of anilines is 1. The number of carbonyl (C=O) groups excluding carboxylic acids is 1. The van der Waals surface area contributed by atoms with E-state index in [9.17, 15) is 4.79 Å². The lowest BCUT2D eigenvalue weighted by Gasteiger charge is -2.25. The molecule has 1 heterocycles. The van der Waals surface area contributed by atoms with Crippen LogP contribution in [-0.4, -0.2) is 27.3 Å². The number of hydrogen-bond donors (Lipinski definition) is 0. The van der Waals surface area contributed by atoms with Gasteiger partial charge in [-0.1, -0.05) is 48.2 Å². The predicted octanol–water partition coefficient (Wildman–Crippen LogP) is 4.65. The first-order chi connectivity index (χ1) is 13.7. The third-order valence-electron chi connectivity index (χ3n) is 4.34. The maximum Gasteiger partial charge on any atom is 0.240 e. The number of amides is 1. The molecule has 2 aromatic carbocycles. The summed E-state index contributed by atoms with van der Waals surface area (Å²) in [6.07, 6.45) is 2.11. The Labute approximate surface area is 169 Å². The summed E-state index contributed by atoms with van der Waals surface area (Å²) < 4.78 is 2.07. The lowest BCUT2D eigenvalue weighted by Crippen LogP contribution is -2.37. The standard InChI is InChI=1S/C22H22N4OS/c1-3-15-26-20-13-8-7-12-19(20)24-22(26)28-17(2)21(27)25(16-9-14-23)18-10-5-4-6-11-18/h3-8,10-13,17H,1,9,15-16H2,2H3. The highest BCUT2D eigenvalue weighted by Crippen LogP contribution is 2.29. The number of benzene rings is 2. The van der Waals surface area contributed by atoms with Crippen LogP contribution in [-0.2, 0) is 11.3 Å². The number of imidazole rings is 1. The lowest BCUT2D eigenvalue weighted by atomic mass is 10.2. The molecule has 0 saturated carbocycles. The third kappa shape index (κ3) is 4.26. The minimum absolute atomic E-state index is 0.0383. The zero-order chi connectivity index (χ0) is 19.9. The van der Waals surface area contributed by atoms with Gasteiger partial charge in [-0.25, -0.2) is 4.98 Å². The van der Waals surface area contributed by atoms with Crippen LogP contribution in [0.1, 0.15) is 13.3 Å². The summed E-state index contributed by atoms with van der Waals surface area (Å²) in [5.74, 6) is -0.0383. The molecule has 0 radical (unpaired) electrons. The quantitative estimate of drug-likeness (QED) is 0.415. The van der Waals surface area contributed by atoms with Crippen LogP contribution in [0.25, 0.3) is 11.0 Å². The largest absolute Gasteiger partial charge is 0.315 e. The van der Waals surface area contributed by atoms with Crippen molar-refractivity contribution in [1.82, 2.24) is 9.55 Å². The van der Waals surface area contributed by atoms with E-state index in [0.717, 1.165) is 21.9 Å². The summed E-state index contributed by atoms with van der Waals surface area (Å²) in [6.45, 7) is 6.71. The summed E-state index contributed by atoms with van der Waals surface area (Å²) >= 11 is 1.43. The topological polar surface area (TPSA) is 61.9 Å². The van der Waals surface area contributed by atoms with Gasteiger partial charge < -0.3 is 9.47 Å². The van der Waals surface area contributed by atoms with E-state index >= 15 is 0 Å². The first kappa shape index (κ1) is 19.7. The van der Waals surface area contributed by atoms with Crippen LogP contribution in [0.2, 0.25) is 0 Å². The molecular weight excluding hydrogens is 368 g/mol. The zero-order valence-corrected chi connectivity index (χ0v) is 16.6. The van der Waals surface area contributed by atoms with Crippen LogP contribution in [0.15, 0.2) is 72.4 Å². The van der Waals surface area contributed by atoms with Crippen molar-refractivity contribution < 1.29 is 4.79 Å². The van der Waals surface area contributed by atoms with Crippen LogP contribution in [0.5, 0.6) is 0 Å². The summed E-state index contributed by atoms with van der Waals surface area (Å²) in [4.78, 5) is 19.6. The molecule has 0 N–H and O–H groups in total. The molecule has 142 valence electrons. The monoisotopic (exact) mass is 390 g/mol. The Bertz CT molecular complexity index is 1010. The Balaban J connectivity index is 1.86. The first-order valence-electron chi connectivity index (χ1n) is 9.12. The van der Waals surface area contributed by atoms with Gasteiger partial charge in [0.05, 0.1) is 28.8 Å². The van der Waals surface area contributed by atoms with Gasteiger partial charge >= 0.3 is 0 Å². The number of nitriles is 1. The smallest absolute Gasteiger partial charge is 0.240 e. The maximum atomic E-state index is 13.2. The molecular formula is C22H22N4OS. The number of thioether (sulfide) groups is 1. The van der Waals surface area contributed by atoms with Gasteiger partial charge in [0.15, 0.2) is 5.16 Å². The molecule has 3 aromatic rings. The molecule has 1 amide bonds. The fourth-order valence-electron chi connectivity index (χ4n) is 3.01. The van der Waals surface area contributed by atoms with E-state index in [0.29, 0.717) is 13.1 Å². The Hall–Kier alpha value is -3.04. The minimum Gasteiger partial charge on any atom is -0.315 e. The number of aromatic nitrogens is 2. The van der Waals surface area contributed by atoms with Crippen molar-refractivity contribution in [2.24, 2.45) is 0 Å². The van der Waals surface area contributed by atoms with Gasteiger partial charge in [-0.05, 0) is 31.2 Å². The van der Waals surface area contributed by atoms with Crippen molar-refractivity contribution in [3.05, 3.63) is 67.3 Å². The van der Waals surface area contributed by atoms with E-state index in [-0.39, 0.29) is 17.6 Å². The van der Waals surface area contributed by atoms with Crippen LogP contribution >= 0.6 is 11.8 Å². The van der Waals surface area contributed by atoms with Gasteiger partial charge in [-0.15, -0.1) is 6.58 Å². The molecule has 0 spiro atoms. The van der Waals surface area contributed by atoms with E-state index in [1.165, 1.54) is 11.8 Å². The maximum absolute atomic E-state index is 13.2. The van der Waals surface area contributed by atoms with Crippen molar-refractivity contribution in [2.45, 2.75) is 30.3 Å². The molecule has 0 aliphatic rings. The molecule has 0 bridgehead atoms. The molecule has 0 aliphatic heterocycles. The predicted molar refractivity (Wildman–Crippen MR) is 114 cm³/mol. The average molecular weight is 391 g/mol. The third-order valence-corrected chi connectivity index (χ3v) is 5.42. The number of carbonyl (C=O) groups is 1. The van der Waals surface area contributed by atoms with Crippen molar-refractivity contribution in [3.63, 3.8) is 0 Å². The van der Waals surface area contributed by atoms with Crippen molar-refractivity contribution >= 4 is 34.4 Å². The Morgan fingerprint density at radius 1 is 1.29 bits per heavy atom. The molecule has 1 unspecified atom stereocenters. The molecule has 0 saturated heterocycles. The highest BCUT2D eigenvalue weighted by Gasteiger charge is 2.25. The van der Waals surface area contributed by atoms with Crippen LogP contribution in [0, 0.1) is 11.3 Å². The van der Waals surface area contributed by atoms with Crippen LogP contribution in [0.4, 0.5) is 5.69 Å². The molecule has 0 aliphatic carbocycles. The summed E-state index contributed by atoms with van der Waals surface area (Å²) in [7, 11) is 0. The fourth-order valence-corrected chi connectivity index (χ4v) is 4.01. The number of fused-ring (bicyclic) bond motifs is 1. The minimum atomic E-state index is -0.348. The summed E-state index contributed by atoms with van der Waals surface area (Å²) in [5, 5.41) is 9.42. The second kappa shape index (κ2) is 9.25. The number of allylic oxidation sites excluding steroid dienone is 1. The summed E-state index contributed by atoms with van der Waals surface area (Å²) in [6, 6.07) is 19.5. The van der Waals surface area contributed by atoms with Gasteiger partial charge in [-0.2, -0.15) is 5.26 Å². The molecule has 1 aromatic heterocycles. The number of nitrogens with zero attached hydrogens (tertiary/aromatic N) is 4. The summed E-state index contributed by atoms with van der Waals surface area (Å²) in [5.41, 5.74) is 2.72.